The second-order valence-corrected chi connectivity index (χ2v) is 6.89. The number of ether oxygens (including phenoxy) is 1. The number of carbonyl (C=O) groups excluding carboxylic acids is 1. The van der Waals surface area contributed by atoms with E-state index in [1.54, 1.807) is 7.11 Å². The van der Waals surface area contributed by atoms with Gasteiger partial charge in [0.25, 0.3) is 0 Å². The highest BCUT2D eigenvalue weighted by atomic mass is 35.5. The molecule has 3 rings (SSSR count). The first kappa shape index (κ1) is 21.3. The fourth-order valence-electron chi connectivity index (χ4n) is 3.56. The van der Waals surface area contributed by atoms with Gasteiger partial charge in [-0.25, -0.2) is 0 Å². The first-order chi connectivity index (χ1) is 12.7. The van der Waals surface area contributed by atoms with E-state index in [0.29, 0.717) is 6.42 Å². The standard InChI is InChI=1S/C22H28N2O2.ClH/c1-17-10-12-18(13-11-17)6-5-9-22(25)24-15-14-23-16-20(24)19-7-3-4-8-21(19)26-2;/h3-4,7-8,10-13,20,23H,5-6,9,14-16H2,1-2H3;1H. The number of hydrogen-bond acceptors (Lipinski definition) is 3. The van der Waals surface area contributed by atoms with Crippen molar-refractivity contribution in [2.24, 2.45) is 0 Å². The molecule has 1 heterocycles. The number of nitrogens with zero attached hydrogens (tertiary/aromatic N) is 1. The van der Waals surface area contributed by atoms with Crippen molar-refractivity contribution in [3.05, 3.63) is 65.2 Å². The lowest BCUT2D eigenvalue weighted by Crippen LogP contribution is -2.48. The Balaban J connectivity index is 0.00000261. The van der Waals surface area contributed by atoms with Crippen LogP contribution in [0.15, 0.2) is 48.5 Å². The van der Waals surface area contributed by atoms with Crippen LogP contribution >= 0.6 is 12.4 Å². The van der Waals surface area contributed by atoms with Gasteiger partial charge in [-0.3, -0.25) is 4.79 Å². The number of methoxy groups -OCH3 is 1. The van der Waals surface area contributed by atoms with Crippen molar-refractivity contribution in [1.82, 2.24) is 10.2 Å². The van der Waals surface area contributed by atoms with Gasteiger partial charge < -0.3 is 15.0 Å². The van der Waals surface area contributed by atoms with E-state index in [4.69, 9.17) is 4.74 Å². The molecule has 146 valence electrons. The third kappa shape index (κ3) is 5.47. The summed E-state index contributed by atoms with van der Waals surface area (Å²) in [5, 5.41) is 3.41. The SMILES string of the molecule is COc1ccccc1C1CNCCN1C(=O)CCCc1ccc(C)cc1.Cl. The molecule has 0 saturated carbocycles. The lowest BCUT2D eigenvalue weighted by atomic mass is 10.0. The first-order valence-electron chi connectivity index (χ1n) is 9.37. The van der Waals surface area contributed by atoms with Gasteiger partial charge in [0.15, 0.2) is 0 Å². The Morgan fingerprint density at radius 2 is 1.93 bits per heavy atom. The number of amides is 1. The summed E-state index contributed by atoms with van der Waals surface area (Å²) in [5.41, 5.74) is 3.64. The monoisotopic (exact) mass is 388 g/mol. The zero-order valence-electron chi connectivity index (χ0n) is 16.1. The summed E-state index contributed by atoms with van der Waals surface area (Å²) in [5.74, 6) is 1.08. The van der Waals surface area contributed by atoms with Gasteiger partial charge in [-0.05, 0) is 31.4 Å². The van der Waals surface area contributed by atoms with Gasteiger partial charge in [-0.1, -0.05) is 48.0 Å². The minimum Gasteiger partial charge on any atom is -0.496 e. The molecule has 1 aliphatic heterocycles. The van der Waals surface area contributed by atoms with Crippen molar-refractivity contribution in [3.8, 4) is 5.75 Å². The molecule has 5 heteroatoms. The molecule has 1 unspecified atom stereocenters. The van der Waals surface area contributed by atoms with Crippen LogP contribution < -0.4 is 10.1 Å². The Labute approximate surface area is 168 Å². The second-order valence-electron chi connectivity index (χ2n) is 6.89. The lowest BCUT2D eigenvalue weighted by Gasteiger charge is -2.37. The molecule has 0 aromatic heterocycles. The summed E-state index contributed by atoms with van der Waals surface area (Å²) < 4.78 is 5.51. The van der Waals surface area contributed by atoms with Crippen molar-refractivity contribution in [2.45, 2.75) is 32.2 Å². The van der Waals surface area contributed by atoms with E-state index < -0.39 is 0 Å². The van der Waals surface area contributed by atoms with Crippen molar-refractivity contribution in [2.75, 3.05) is 26.7 Å². The molecule has 1 N–H and O–H groups in total. The number of halogens is 1. The number of piperazine rings is 1. The molecule has 27 heavy (non-hydrogen) atoms. The maximum atomic E-state index is 12.9. The highest BCUT2D eigenvalue weighted by molar-refractivity contribution is 5.85. The van der Waals surface area contributed by atoms with Crippen LogP contribution in [0.2, 0.25) is 0 Å². The number of nitrogens with one attached hydrogen (secondary N) is 1. The molecule has 1 fully saturated rings. The zero-order valence-corrected chi connectivity index (χ0v) is 16.9. The fraction of sp³-hybridized carbons (Fsp3) is 0.409. The molecular formula is C22H29ClN2O2. The zero-order chi connectivity index (χ0) is 18.4. The first-order valence-corrected chi connectivity index (χ1v) is 9.37. The van der Waals surface area contributed by atoms with E-state index in [1.807, 2.05) is 23.1 Å². The third-order valence-electron chi connectivity index (χ3n) is 5.04. The van der Waals surface area contributed by atoms with Crippen LogP contribution in [0.5, 0.6) is 5.75 Å². The summed E-state index contributed by atoms with van der Waals surface area (Å²) in [6, 6.07) is 16.6. The van der Waals surface area contributed by atoms with Crippen LogP contribution in [-0.4, -0.2) is 37.6 Å². The molecule has 0 radical (unpaired) electrons. The molecule has 2 aromatic rings. The average Bonchev–Trinajstić information content (AvgIpc) is 2.69. The maximum absolute atomic E-state index is 12.9. The number of carbonyl (C=O) groups is 1. The van der Waals surface area contributed by atoms with Gasteiger partial charge in [0.1, 0.15) is 5.75 Å². The lowest BCUT2D eigenvalue weighted by molar-refractivity contribution is -0.134. The van der Waals surface area contributed by atoms with Gasteiger partial charge in [-0.2, -0.15) is 0 Å². The van der Waals surface area contributed by atoms with Crippen molar-refractivity contribution in [1.29, 1.82) is 0 Å². The van der Waals surface area contributed by atoms with E-state index in [1.165, 1.54) is 11.1 Å². The number of hydrogen-bond donors (Lipinski definition) is 1. The van der Waals surface area contributed by atoms with Crippen LogP contribution in [0.25, 0.3) is 0 Å². The Bertz CT molecular complexity index is 733. The van der Waals surface area contributed by atoms with E-state index in [0.717, 1.165) is 43.8 Å². The highest BCUT2D eigenvalue weighted by Gasteiger charge is 2.29. The summed E-state index contributed by atoms with van der Waals surface area (Å²) in [4.78, 5) is 14.9. The van der Waals surface area contributed by atoms with Gasteiger partial charge in [0.2, 0.25) is 5.91 Å². The number of rotatable bonds is 6. The van der Waals surface area contributed by atoms with Gasteiger partial charge in [0.05, 0.1) is 13.2 Å². The highest BCUT2D eigenvalue weighted by Crippen LogP contribution is 2.30. The van der Waals surface area contributed by atoms with Crippen LogP contribution in [0.1, 0.15) is 35.6 Å². The molecule has 1 saturated heterocycles. The Morgan fingerprint density at radius 1 is 1.19 bits per heavy atom. The largest absolute Gasteiger partial charge is 0.496 e. The summed E-state index contributed by atoms with van der Waals surface area (Å²) in [6.07, 6.45) is 2.40. The topological polar surface area (TPSA) is 41.6 Å². The van der Waals surface area contributed by atoms with Gasteiger partial charge in [-0.15, -0.1) is 12.4 Å². The number of benzene rings is 2. The molecule has 2 aromatic carbocycles. The molecule has 0 spiro atoms. The third-order valence-corrected chi connectivity index (χ3v) is 5.04. The predicted octanol–water partition coefficient (Wildman–Crippen LogP) is 3.92. The van der Waals surface area contributed by atoms with Crippen LogP contribution in [0.4, 0.5) is 0 Å². The van der Waals surface area contributed by atoms with E-state index in [9.17, 15) is 4.79 Å². The smallest absolute Gasteiger partial charge is 0.223 e. The second kappa shape index (κ2) is 10.3. The number of aryl methyl sites for hydroxylation is 2. The number of para-hydroxylation sites is 1. The molecule has 0 bridgehead atoms. The Morgan fingerprint density at radius 3 is 2.67 bits per heavy atom. The average molecular weight is 389 g/mol. The van der Waals surface area contributed by atoms with Crippen LogP contribution in [0, 0.1) is 6.92 Å². The molecule has 0 aliphatic carbocycles. The molecule has 1 aliphatic rings. The Kier molecular flexibility index (Phi) is 8.14. The van der Waals surface area contributed by atoms with Crippen molar-refractivity contribution < 1.29 is 9.53 Å². The maximum Gasteiger partial charge on any atom is 0.223 e. The van der Waals surface area contributed by atoms with Gasteiger partial charge >= 0.3 is 0 Å². The van der Waals surface area contributed by atoms with E-state index >= 15 is 0 Å². The Hall–Kier alpha value is -2.04. The van der Waals surface area contributed by atoms with Crippen LogP contribution in [0.3, 0.4) is 0 Å². The van der Waals surface area contributed by atoms with Gasteiger partial charge in [0, 0.05) is 31.6 Å². The predicted molar refractivity (Wildman–Crippen MR) is 112 cm³/mol. The minimum absolute atomic E-state index is 0. The normalized spacial score (nSPS) is 16.5. The summed E-state index contributed by atoms with van der Waals surface area (Å²) in [6.45, 7) is 4.45. The minimum atomic E-state index is 0. The fourth-order valence-corrected chi connectivity index (χ4v) is 3.56. The summed E-state index contributed by atoms with van der Waals surface area (Å²) in [7, 11) is 1.68. The van der Waals surface area contributed by atoms with E-state index in [-0.39, 0.29) is 24.4 Å². The molecule has 1 atom stereocenters. The molecular weight excluding hydrogens is 360 g/mol. The summed E-state index contributed by atoms with van der Waals surface area (Å²) >= 11 is 0. The van der Waals surface area contributed by atoms with Crippen LogP contribution in [-0.2, 0) is 11.2 Å². The van der Waals surface area contributed by atoms with E-state index in [2.05, 4.69) is 42.6 Å². The molecule has 1 amide bonds. The molecule has 4 nitrogen and oxygen atoms in total. The van der Waals surface area contributed by atoms with Crippen molar-refractivity contribution in [3.63, 3.8) is 0 Å². The van der Waals surface area contributed by atoms with Crippen molar-refractivity contribution >= 4 is 18.3 Å². The quantitative estimate of drug-likeness (QED) is 0.815.